The standard InChI is InChI=1S/C36H62N4O13/c1-3-5-7-9-10-12-14-22-32(44)40(53)24-18-16-20-28(34(47)48)38-30(42)26-36(51,35(49)50)25-29(41)37-27(33(45)46)19-15-17-23-39(52)31(43)21-13-11-8-6-4-2/h14,22,27-28,51-53H,3-13,15-21,23-26H2,1-2H3,(H,37,41)(H,38,42)(H,45,46)(H,47,48)(H,49,50). The van der Waals surface area contributed by atoms with Crippen molar-refractivity contribution in [3.63, 3.8) is 0 Å². The van der Waals surface area contributed by atoms with Crippen LogP contribution in [0, 0.1) is 0 Å². The van der Waals surface area contributed by atoms with E-state index in [1.807, 2.05) is 0 Å². The van der Waals surface area contributed by atoms with Gasteiger partial charge in [0.1, 0.15) is 12.1 Å². The van der Waals surface area contributed by atoms with Gasteiger partial charge >= 0.3 is 17.9 Å². The third-order valence-electron chi connectivity index (χ3n) is 8.57. The first-order valence-electron chi connectivity index (χ1n) is 18.7. The third kappa shape index (κ3) is 23.2. The quantitative estimate of drug-likeness (QED) is 0.0210. The fourth-order valence-electron chi connectivity index (χ4n) is 5.35. The highest BCUT2D eigenvalue weighted by Crippen LogP contribution is 2.18. The van der Waals surface area contributed by atoms with Crippen LogP contribution in [0.1, 0.15) is 142 Å². The van der Waals surface area contributed by atoms with Crippen LogP contribution in [-0.4, -0.2) is 113 Å². The largest absolute Gasteiger partial charge is 0.480 e. The van der Waals surface area contributed by atoms with Crippen molar-refractivity contribution in [2.24, 2.45) is 0 Å². The summed E-state index contributed by atoms with van der Waals surface area (Å²) >= 11 is 0. The molecule has 53 heavy (non-hydrogen) atoms. The van der Waals surface area contributed by atoms with E-state index < -0.39 is 72.1 Å². The molecular formula is C36H62N4O13. The molecular weight excluding hydrogens is 696 g/mol. The highest BCUT2D eigenvalue weighted by Gasteiger charge is 2.42. The zero-order valence-corrected chi connectivity index (χ0v) is 31.3. The zero-order valence-electron chi connectivity index (χ0n) is 31.3. The van der Waals surface area contributed by atoms with Crippen LogP contribution in [0.15, 0.2) is 12.2 Å². The number of carboxylic acids is 3. The monoisotopic (exact) mass is 758 g/mol. The van der Waals surface area contributed by atoms with Gasteiger partial charge < -0.3 is 31.1 Å². The Bertz CT molecular complexity index is 1180. The van der Waals surface area contributed by atoms with Crippen molar-refractivity contribution in [1.29, 1.82) is 0 Å². The molecule has 0 aliphatic rings. The molecule has 3 atom stereocenters. The predicted octanol–water partition coefficient (Wildman–Crippen LogP) is 3.77. The predicted molar refractivity (Wildman–Crippen MR) is 192 cm³/mol. The number of aliphatic hydroxyl groups is 1. The molecule has 0 aliphatic heterocycles. The van der Waals surface area contributed by atoms with Gasteiger partial charge in [-0.2, -0.15) is 0 Å². The molecule has 0 radical (unpaired) electrons. The Labute approximate surface area is 311 Å². The van der Waals surface area contributed by atoms with Crippen molar-refractivity contribution in [2.75, 3.05) is 13.1 Å². The number of amides is 4. The number of hydroxylamine groups is 4. The number of nitrogens with one attached hydrogen (secondary N) is 2. The van der Waals surface area contributed by atoms with Gasteiger partial charge in [-0.3, -0.25) is 29.6 Å². The maximum Gasteiger partial charge on any atom is 0.336 e. The SMILES string of the molecule is CCCCCCCC=CC(=O)N(O)CCCCC(NC(=O)CC(O)(CC(=O)NC(CCCCN(O)C(=O)CCCCCCC)C(=O)O)C(=O)O)C(=O)O. The first-order valence-corrected chi connectivity index (χ1v) is 18.7. The molecule has 0 aliphatic carbocycles. The molecule has 17 heteroatoms. The molecule has 3 unspecified atom stereocenters. The van der Waals surface area contributed by atoms with Gasteiger partial charge in [-0.15, -0.1) is 0 Å². The van der Waals surface area contributed by atoms with Crippen molar-refractivity contribution in [3.8, 4) is 0 Å². The molecule has 4 amide bonds. The lowest BCUT2D eigenvalue weighted by Gasteiger charge is -2.24. The molecule has 0 spiro atoms. The van der Waals surface area contributed by atoms with Crippen molar-refractivity contribution in [3.05, 3.63) is 12.2 Å². The Hall–Kier alpha value is -4.09. The van der Waals surface area contributed by atoms with Crippen molar-refractivity contribution >= 4 is 41.5 Å². The van der Waals surface area contributed by atoms with E-state index in [2.05, 4.69) is 24.5 Å². The van der Waals surface area contributed by atoms with Crippen LogP contribution >= 0.6 is 0 Å². The van der Waals surface area contributed by atoms with Gasteiger partial charge in [0.05, 0.1) is 12.8 Å². The summed E-state index contributed by atoms with van der Waals surface area (Å²) in [6, 6.07) is -3.02. The minimum Gasteiger partial charge on any atom is -0.480 e. The molecule has 0 aromatic heterocycles. The summed E-state index contributed by atoms with van der Waals surface area (Å²) in [5.74, 6) is -8.37. The van der Waals surface area contributed by atoms with E-state index in [4.69, 9.17) is 0 Å². The lowest BCUT2D eigenvalue weighted by atomic mass is 9.94. The highest BCUT2D eigenvalue weighted by atomic mass is 16.5. The van der Waals surface area contributed by atoms with Crippen LogP contribution in [0.4, 0.5) is 0 Å². The second-order valence-electron chi connectivity index (χ2n) is 13.3. The van der Waals surface area contributed by atoms with Crippen molar-refractivity contribution in [1.82, 2.24) is 20.8 Å². The summed E-state index contributed by atoms with van der Waals surface area (Å²) in [7, 11) is 0. The maximum atomic E-state index is 12.6. The van der Waals surface area contributed by atoms with Gasteiger partial charge in [0, 0.05) is 25.6 Å². The minimum atomic E-state index is -3.00. The normalized spacial score (nSPS) is 13.5. The zero-order chi connectivity index (χ0) is 40.2. The van der Waals surface area contributed by atoms with Crippen LogP contribution in [0.3, 0.4) is 0 Å². The molecule has 0 bridgehead atoms. The Morgan fingerprint density at radius 3 is 1.53 bits per heavy atom. The first kappa shape index (κ1) is 48.9. The van der Waals surface area contributed by atoms with Gasteiger partial charge in [0.25, 0.3) is 5.91 Å². The number of rotatable bonds is 32. The number of nitrogens with zero attached hydrogens (tertiary/aromatic N) is 2. The smallest absolute Gasteiger partial charge is 0.336 e. The van der Waals surface area contributed by atoms with Crippen LogP contribution in [0.2, 0.25) is 0 Å². The fraction of sp³-hybridized carbons (Fsp3) is 0.750. The topological polar surface area (TPSA) is 271 Å². The number of carbonyl (C=O) groups is 7. The minimum absolute atomic E-state index is 0.0597. The summed E-state index contributed by atoms with van der Waals surface area (Å²) in [5.41, 5.74) is -3.00. The molecule has 0 heterocycles. The summed E-state index contributed by atoms with van der Waals surface area (Å²) in [5, 5.41) is 64.5. The van der Waals surface area contributed by atoms with E-state index in [1.54, 1.807) is 6.08 Å². The summed E-state index contributed by atoms with van der Waals surface area (Å²) in [6.07, 6.45) is 11.7. The Morgan fingerprint density at radius 1 is 0.623 bits per heavy atom. The molecule has 17 nitrogen and oxygen atoms in total. The molecule has 0 aromatic rings. The van der Waals surface area contributed by atoms with E-state index >= 15 is 0 Å². The lowest BCUT2D eigenvalue weighted by Crippen LogP contribution is -2.51. The number of carboxylic acid groups (broad SMARTS) is 3. The third-order valence-corrected chi connectivity index (χ3v) is 8.57. The second kappa shape index (κ2) is 28.4. The molecule has 0 fully saturated rings. The Kier molecular flexibility index (Phi) is 26.2. The Morgan fingerprint density at radius 2 is 1.08 bits per heavy atom. The van der Waals surface area contributed by atoms with Gasteiger partial charge in [0.2, 0.25) is 17.7 Å². The Balaban J connectivity index is 4.85. The number of aliphatic carboxylic acids is 3. The number of hydrogen-bond acceptors (Lipinski definition) is 10. The van der Waals surface area contributed by atoms with E-state index in [9.17, 15) is 64.4 Å². The van der Waals surface area contributed by atoms with Gasteiger partial charge in [-0.05, 0) is 57.8 Å². The average molecular weight is 759 g/mol. The molecule has 0 aromatic carbocycles. The second-order valence-corrected chi connectivity index (χ2v) is 13.3. The first-order chi connectivity index (χ1) is 25.1. The lowest BCUT2D eigenvalue weighted by molar-refractivity contribution is -0.166. The van der Waals surface area contributed by atoms with E-state index in [-0.39, 0.29) is 58.0 Å². The van der Waals surface area contributed by atoms with E-state index in [1.165, 1.54) is 6.08 Å². The van der Waals surface area contributed by atoms with E-state index in [0.717, 1.165) is 57.8 Å². The molecule has 0 saturated carbocycles. The maximum absolute atomic E-state index is 12.6. The van der Waals surface area contributed by atoms with Gasteiger partial charge in [-0.1, -0.05) is 71.3 Å². The van der Waals surface area contributed by atoms with Crippen LogP contribution in [0.5, 0.6) is 0 Å². The number of unbranched alkanes of at least 4 members (excludes halogenated alkanes) is 11. The molecule has 8 N–H and O–H groups in total. The molecule has 0 saturated heterocycles. The van der Waals surface area contributed by atoms with Crippen LogP contribution in [-0.2, 0) is 33.6 Å². The summed E-state index contributed by atoms with van der Waals surface area (Å²) in [4.78, 5) is 84.7. The van der Waals surface area contributed by atoms with E-state index in [0.29, 0.717) is 23.0 Å². The number of hydrogen-bond donors (Lipinski definition) is 8. The summed E-state index contributed by atoms with van der Waals surface area (Å²) < 4.78 is 0. The molecule has 304 valence electrons. The van der Waals surface area contributed by atoms with Crippen LogP contribution in [0.25, 0.3) is 0 Å². The number of carbonyl (C=O) groups excluding carboxylic acids is 4. The average Bonchev–Trinajstić information content (AvgIpc) is 3.09. The van der Waals surface area contributed by atoms with Crippen molar-refractivity contribution < 1.29 is 64.4 Å². The molecule has 0 rings (SSSR count). The highest BCUT2D eigenvalue weighted by molar-refractivity contribution is 5.93. The van der Waals surface area contributed by atoms with Crippen LogP contribution < -0.4 is 10.6 Å². The summed E-state index contributed by atoms with van der Waals surface area (Å²) in [6.45, 7) is 4.02. The number of allylic oxidation sites excluding steroid dienone is 1. The van der Waals surface area contributed by atoms with Crippen molar-refractivity contribution in [2.45, 2.75) is 160 Å². The van der Waals surface area contributed by atoms with Gasteiger partial charge in [-0.25, -0.2) is 24.5 Å². The fourth-order valence-corrected chi connectivity index (χ4v) is 5.35. The van der Waals surface area contributed by atoms with Gasteiger partial charge in [0.15, 0.2) is 5.60 Å².